The summed E-state index contributed by atoms with van der Waals surface area (Å²) in [5.74, 6) is 0.325. The average Bonchev–Trinajstić information content (AvgIpc) is 3.09. The van der Waals surface area contributed by atoms with Crippen molar-refractivity contribution in [2.24, 2.45) is 7.05 Å². The number of para-hydroxylation sites is 1. The molecule has 4 aromatic rings. The van der Waals surface area contributed by atoms with Crippen LogP contribution in [-0.2, 0) is 18.3 Å². The van der Waals surface area contributed by atoms with E-state index in [1.807, 2.05) is 75.5 Å². The lowest BCUT2D eigenvalue weighted by Gasteiger charge is -2.23. The summed E-state index contributed by atoms with van der Waals surface area (Å²) >= 11 is 0. The van der Waals surface area contributed by atoms with Gasteiger partial charge in [0.1, 0.15) is 0 Å². The Labute approximate surface area is 182 Å². The van der Waals surface area contributed by atoms with Crippen molar-refractivity contribution in [3.63, 3.8) is 0 Å². The summed E-state index contributed by atoms with van der Waals surface area (Å²) in [7, 11) is 1.83. The topological polar surface area (TPSA) is 60.2 Å². The fourth-order valence-corrected chi connectivity index (χ4v) is 3.75. The molecule has 0 aliphatic carbocycles. The lowest BCUT2D eigenvalue weighted by atomic mass is 10.1. The van der Waals surface area contributed by atoms with Crippen LogP contribution >= 0.6 is 0 Å². The molecule has 6 nitrogen and oxygen atoms in total. The predicted octanol–water partition coefficient (Wildman–Crippen LogP) is 4.24. The Kier molecular flexibility index (Phi) is 5.98. The number of pyridine rings is 1. The molecular weight excluding hydrogens is 388 g/mol. The van der Waals surface area contributed by atoms with Crippen LogP contribution in [0.15, 0.2) is 66.7 Å². The maximum atomic E-state index is 13.2. The summed E-state index contributed by atoms with van der Waals surface area (Å²) in [6, 6.07) is 21.8. The fourth-order valence-electron chi connectivity index (χ4n) is 3.75. The largest absolute Gasteiger partial charge is 0.466 e. The van der Waals surface area contributed by atoms with Crippen molar-refractivity contribution in [1.29, 1.82) is 0 Å². The smallest absolute Gasteiger partial charge is 0.264 e. The SMILES string of the molecule is Cc1cc(C)c2c(OCC(=O)N(CCc3ccccc3)c3ccccc3)nn(C)c2n1. The van der Waals surface area contributed by atoms with E-state index in [9.17, 15) is 4.79 Å². The predicted molar refractivity (Wildman–Crippen MR) is 122 cm³/mol. The zero-order chi connectivity index (χ0) is 21.8. The first-order valence-electron chi connectivity index (χ1n) is 10.4. The Morgan fingerprint density at radius 2 is 1.71 bits per heavy atom. The standard InChI is InChI=1S/C25H26N4O2/c1-18-16-19(2)26-24-23(18)25(27-28(24)3)31-17-22(30)29(21-12-8-5-9-13-21)15-14-20-10-6-4-7-11-20/h4-13,16H,14-15,17H2,1-3H3. The molecule has 0 saturated heterocycles. The number of hydrogen-bond donors (Lipinski definition) is 0. The number of rotatable bonds is 7. The maximum Gasteiger partial charge on any atom is 0.264 e. The summed E-state index contributed by atoms with van der Waals surface area (Å²) in [5, 5.41) is 5.29. The van der Waals surface area contributed by atoms with Crippen LogP contribution in [-0.4, -0.2) is 33.8 Å². The van der Waals surface area contributed by atoms with Crippen molar-refractivity contribution in [1.82, 2.24) is 14.8 Å². The highest BCUT2D eigenvalue weighted by Gasteiger charge is 2.19. The lowest BCUT2D eigenvalue weighted by Crippen LogP contribution is -2.36. The third-order valence-electron chi connectivity index (χ3n) is 5.26. The molecule has 6 heteroatoms. The molecule has 2 aromatic carbocycles. The quantitative estimate of drug-likeness (QED) is 0.454. The highest BCUT2D eigenvalue weighted by molar-refractivity contribution is 5.95. The van der Waals surface area contributed by atoms with E-state index in [2.05, 4.69) is 22.2 Å². The van der Waals surface area contributed by atoms with Gasteiger partial charge in [-0.3, -0.25) is 4.79 Å². The molecule has 4 rings (SSSR count). The van der Waals surface area contributed by atoms with Crippen LogP contribution in [0, 0.1) is 13.8 Å². The number of ether oxygens (including phenoxy) is 1. The fraction of sp³-hybridized carbons (Fsp3) is 0.240. The third-order valence-corrected chi connectivity index (χ3v) is 5.26. The highest BCUT2D eigenvalue weighted by Crippen LogP contribution is 2.27. The van der Waals surface area contributed by atoms with E-state index < -0.39 is 0 Å². The second-order valence-corrected chi connectivity index (χ2v) is 7.61. The number of aromatic nitrogens is 3. The third kappa shape index (κ3) is 4.58. The van der Waals surface area contributed by atoms with Gasteiger partial charge in [0.15, 0.2) is 12.3 Å². The number of benzene rings is 2. The van der Waals surface area contributed by atoms with Gasteiger partial charge in [-0.25, -0.2) is 9.67 Å². The summed E-state index contributed by atoms with van der Waals surface area (Å²) in [4.78, 5) is 19.5. The van der Waals surface area contributed by atoms with Gasteiger partial charge in [-0.1, -0.05) is 48.5 Å². The Balaban J connectivity index is 1.53. The first-order valence-corrected chi connectivity index (χ1v) is 10.4. The maximum absolute atomic E-state index is 13.2. The molecule has 158 valence electrons. The number of carbonyl (C=O) groups excluding carboxylic acids is 1. The van der Waals surface area contributed by atoms with Gasteiger partial charge >= 0.3 is 0 Å². The summed E-state index contributed by atoms with van der Waals surface area (Å²) < 4.78 is 7.61. The second-order valence-electron chi connectivity index (χ2n) is 7.61. The molecular formula is C25H26N4O2. The van der Waals surface area contributed by atoms with Gasteiger partial charge in [0.25, 0.3) is 5.91 Å². The van der Waals surface area contributed by atoms with Crippen LogP contribution in [0.2, 0.25) is 0 Å². The number of anilines is 1. The minimum Gasteiger partial charge on any atom is -0.466 e. The second kappa shape index (κ2) is 9.00. The summed E-state index contributed by atoms with van der Waals surface area (Å²) in [6.45, 7) is 4.43. The molecule has 0 aliphatic heterocycles. The number of aryl methyl sites for hydroxylation is 3. The number of carbonyl (C=O) groups is 1. The lowest BCUT2D eigenvalue weighted by molar-refractivity contribution is -0.120. The number of fused-ring (bicyclic) bond motifs is 1. The van der Waals surface area contributed by atoms with Crippen LogP contribution in [0.5, 0.6) is 5.88 Å². The van der Waals surface area contributed by atoms with E-state index in [1.54, 1.807) is 9.58 Å². The Morgan fingerprint density at radius 1 is 1.03 bits per heavy atom. The van der Waals surface area contributed by atoms with Crippen molar-refractivity contribution in [2.75, 3.05) is 18.1 Å². The van der Waals surface area contributed by atoms with Gasteiger partial charge in [-0.05, 0) is 49.6 Å². The Bertz CT molecular complexity index is 1190. The number of amides is 1. The van der Waals surface area contributed by atoms with Crippen LogP contribution in [0.4, 0.5) is 5.69 Å². The molecule has 2 aromatic heterocycles. The minimum atomic E-state index is -0.112. The van der Waals surface area contributed by atoms with E-state index in [0.717, 1.165) is 34.4 Å². The zero-order valence-electron chi connectivity index (χ0n) is 18.1. The average molecular weight is 415 g/mol. The van der Waals surface area contributed by atoms with Crippen LogP contribution < -0.4 is 9.64 Å². The van der Waals surface area contributed by atoms with Crippen molar-refractivity contribution in [3.05, 3.63) is 83.6 Å². The van der Waals surface area contributed by atoms with E-state index in [1.165, 1.54) is 5.56 Å². The van der Waals surface area contributed by atoms with Gasteiger partial charge in [-0.15, -0.1) is 5.10 Å². The Morgan fingerprint density at radius 3 is 2.42 bits per heavy atom. The molecule has 0 unspecified atom stereocenters. The van der Waals surface area contributed by atoms with Crippen molar-refractivity contribution in [2.45, 2.75) is 20.3 Å². The van der Waals surface area contributed by atoms with Gasteiger partial charge in [0.05, 0.1) is 5.39 Å². The molecule has 0 spiro atoms. The van der Waals surface area contributed by atoms with E-state index in [0.29, 0.717) is 12.4 Å². The van der Waals surface area contributed by atoms with Crippen LogP contribution in [0.25, 0.3) is 11.0 Å². The molecule has 0 radical (unpaired) electrons. The summed E-state index contributed by atoms with van der Waals surface area (Å²) in [6.07, 6.45) is 0.760. The molecule has 0 saturated carbocycles. The van der Waals surface area contributed by atoms with Gasteiger partial charge < -0.3 is 9.64 Å². The van der Waals surface area contributed by atoms with Crippen molar-refractivity contribution >= 4 is 22.6 Å². The number of nitrogens with zero attached hydrogens (tertiary/aromatic N) is 4. The number of hydrogen-bond acceptors (Lipinski definition) is 4. The van der Waals surface area contributed by atoms with Crippen molar-refractivity contribution < 1.29 is 9.53 Å². The molecule has 0 aliphatic rings. The van der Waals surface area contributed by atoms with Gasteiger partial charge in [0.2, 0.25) is 5.88 Å². The summed E-state index contributed by atoms with van der Waals surface area (Å²) in [5.41, 5.74) is 4.74. The Hall–Kier alpha value is -3.67. The molecule has 31 heavy (non-hydrogen) atoms. The van der Waals surface area contributed by atoms with Gasteiger partial charge in [-0.2, -0.15) is 0 Å². The first kappa shape index (κ1) is 20.6. The van der Waals surface area contributed by atoms with E-state index >= 15 is 0 Å². The van der Waals surface area contributed by atoms with E-state index in [-0.39, 0.29) is 12.5 Å². The molecule has 1 amide bonds. The van der Waals surface area contributed by atoms with E-state index in [4.69, 9.17) is 4.74 Å². The van der Waals surface area contributed by atoms with Crippen molar-refractivity contribution in [3.8, 4) is 5.88 Å². The first-order chi connectivity index (χ1) is 15.0. The van der Waals surface area contributed by atoms with Crippen LogP contribution in [0.3, 0.4) is 0 Å². The molecule has 2 heterocycles. The monoisotopic (exact) mass is 414 g/mol. The molecule has 0 atom stereocenters. The normalized spacial score (nSPS) is 10.9. The van der Waals surface area contributed by atoms with Gasteiger partial charge in [0, 0.05) is 25.0 Å². The highest BCUT2D eigenvalue weighted by atomic mass is 16.5. The molecule has 0 N–H and O–H groups in total. The van der Waals surface area contributed by atoms with Crippen LogP contribution in [0.1, 0.15) is 16.8 Å². The minimum absolute atomic E-state index is 0.0941. The molecule has 0 fully saturated rings. The molecule has 0 bridgehead atoms. The zero-order valence-corrected chi connectivity index (χ0v) is 18.1.